The first-order valence-electron chi connectivity index (χ1n) is 19.2. The molecule has 2 aromatic heterocycles. The predicted octanol–water partition coefficient (Wildman–Crippen LogP) is 9.22. The van der Waals surface area contributed by atoms with Crippen molar-refractivity contribution >= 4 is 0 Å². The van der Waals surface area contributed by atoms with Gasteiger partial charge in [-0.25, -0.2) is 0 Å². The third-order valence-electron chi connectivity index (χ3n) is 8.41. The van der Waals surface area contributed by atoms with Crippen molar-refractivity contribution in [3.63, 3.8) is 0 Å². The van der Waals surface area contributed by atoms with Gasteiger partial charge in [-0.3, -0.25) is 0 Å². The Bertz CT molecular complexity index is 1970. The van der Waals surface area contributed by atoms with Gasteiger partial charge in [0.25, 0.3) is 0 Å². The molecule has 12 heteroatoms. The molecule has 8 rings (SSSR count). The van der Waals surface area contributed by atoms with Crippen LogP contribution in [0, 0.1) is 0 Å². The Morgan fingerprint density at radius 1 is 0.200 bits per heavy atom. The lowest BCUT2D eigenvalue weighted by molar-refractivity contribution is 0.222. The van der Waals surface area contributed by atoms with Crippen molar-refractivity contribution in [1.29, 1.82) is 0 Å². The quantitative estimate of drug-likeness (QED) is 0.0820. The zero-order valence-corrected chi connectivity index (χ0v) is 32.7. The van der Waals surface area contributed by atoms with E-state index in [4.69, 9.17) is 28.4 Å². The molecule has 0 fully saturated rings. The van der Waals surface area contributed by atoms with Crippen LogP contribution in [-0.2, 0) is 39.6 Å². The van der Waals surface area contributed by atoms with E-state index in [-0.39, 0.29) is 36.1 Å². The lowest BCUT2D eigenvalue weighted by Crippen LogP contribution is -2.07. The summed E-state index contributed by atoms with van der Waals surface area (Å²) >= 11 is 0. The first-order valence-corrected chi connectivity index (χ1v) is 19.2. The average Bonchev–Trinajstić information content (AvgIpc) is 3.32. The molecule has 0 amide bonds. The Hall–Kier alpha value is -7.86. The number of ether oxygens (including phenoxy) is 6. The van der Waals surface area contributed by atoms with Crippen molar-refractivity contribution in [2.75, 3.05) is 0 Å². The minimum atomic E-state index is 0.153. The zero-order valence-electron chi connectivity index (χ0n) is 32.7. The molecule has 0 saturated carbocycles. The Morgan fingerprint density at radius 3 is 0.467 bits per heavy atom. The van der Waals surface area contributed by atoms with Gasteiger partial charge in [0, 0.05) is 0 Å². The number of rotatable bonds is 18. The van der Waals surface area contributed by atoms with Gasteiger partial charge < -0.3 is 28.4 Å². The fraction of sp³-hybridized carbons (Fsp3) is 0.125. The molecule has 0 aliphatic carbocycles. The van der Waals surface area contributed by atoms with E-state index in [2.05, 4.69) is 29.9 Å². The molecular weight excluding hydrogens is 757 g/mol. The van der Waals surface area contributed by atoms with Gasteiger partial charge >= 0.3 is 36.1 Å². The van der Waals surface area contributed by atoms with Gasteiger partial charge in [0.1, 0.15) is 39.6 Å². The number of benzene rings is 6. The lowest BCUT2D eigenvalue weighted by atomic mass is 10.2. The highest BCUT2D eigenvalue weighted by Gasteiger charge is 2.13. The van der Waals surface area contributed by atoms with Gasteiger partial charge in [-0.15, -0.1) is 29.9 Å². The zero-order chi connectivity index (χ0) is 40.9. The van der Waals surface area contributed by atoms with E-state index >= 15 is 0 Å². The average molecular weight is 799 g/mol. The summed E-state index contributed by atoms with van der Waals surface area (Å²) < 4.78 is 34.5. The number of hydrogen-bond donors (Lipinski definition) is 0. The topological polar surface area (TPSA) is 133 Å². The number of nitrogens with zero attached hydrogens (tertiary/aromatic N) is 6. The summed E-state index contributed by atoms with van der Waals surface area (Å²) in [5, 5.41) is 0. The van der Waals surface area contributed by atoms with Crippen molar-refractivity contribution < 1.29 is 28.4 Å². The maximum Gasteiger partial charge on any atom is 0.326 e. The van der Waals surface area contributed by atoms with E-state index in [9.17, 15) is 0 Å². The molecule has 12 nitrogen and oxygen atoms in total. The van der Waals surface area contributed by atoms with Crippen LogP contribution in [0.2, 0.25) is 0 Å². The molecule has 0 aliphatic rings. The Kier molecular flexibility index (Phi) is 14.9. The first-order chi connectivity index (χ1) is 29.7. The number of aromatic nitrogens is 6. The highest BCUT2D eigenvalue weighted by Crippen LogP contribution is 2.20. The summed E-state index contributed by atoms with van der Waals surface area (Å²) in [7, 11) is 0. The maximum atomic E-state index is 5.76. The molecule has 300 valence electrons. The summed E-state index contributed by atoms with van der Waals surface area (Å²) in [6.45, 7) is 2.01. The minimum absolute atomic E-state index is 0.153. The van der Waals surface area contributed by atoms with Crippen molar-refractivity contribution in [2.24, 2.45) is 0 Å². The normalized spacial score (nSPS) is 10.4. The van der Waals surface area contributed by atoms with Gasteiger partial charge in [0.05, 0.1) is 0 Å². The summed E-state index contributed by atoms with van der Waals surface area (Å²) in [5.41, 5.74) is 6.06. The highest BCUT2D eigenvalue weighted by molar-refractivity contribution is 5.20. The molecule has 8 aromatic rings. The molecule has 0 N–H and O–H groups in total. The van der Waals surface area contributed by atoms with Crippen LogP contribution in [0.4, 0.5) is 0 Å². The van der Waals surface area contributed by atoms with E-state index in [1.165, 1.54) is 0 Å². The first kappa shape index (κ1) is 40.3. The van der Waals surface area contributed by atoms with E-state index in [0.29, 0.717) is 39.6 Å². The second-order valence-corrected chi connectivity index (χ2v) is 13.0. The van der Waals surface area contributed by atoms with Crippen LogP contribution in [0.5, 0.6) is 36.1 Å². The standard InChI is InChI=1S/2C24H21N3O3/c2*1-4-10-19(11-5-1)16-28-22-25-23(29-17-20-12-6-2-7-13-20)27-24(26-22)30-18-21-14-8-3-9-15-21/h2*1-15H,16-18H2. The summed E-state index contributed by atoms with van der Waals surface area (Å²) in [4.78, 5) is 25.6. The summed E-state index contributed by atoms with van der Waals surface area (Å²) in [6.07, 6.45) is 0. The molecule has 0 aliphatic heterocycles. The maximum absolute atomic E-state index is 5.76. The molecule has 60 heavy (non-hydrogen) atoms. The van der Waals surface area contributed by atoms with Gasteiger partial charge in [-0.1, -0.05) is 182 Å². The van der Waals surface area contributed by atoms with E-state index in [0.717, 1.165) is 33.4 Å². The Morgan fingerprint density at radius 2 is 0.333 bits per heavy atom. The fourth-order valence-electron chi connectivity index (χ4n) is 5.36. The molecule has 0 spiro atoms. The van der Waals surface area contributed by atoms with Crippen LogP contribution in [0.3, 0.4) is 0 Å². The molecule has 6 aromatic carbocycles. The lowest BCUT2D eigenvalue weighted by Gasteiger charge is -2.10. The van der Waals surface area contributed by atoms with Crippen molar-refractivity contribution in [3.05, 3.63) is 215 Å². The molecule has 2 heterocycles. The van der Waals surface area contributed by atoms with Gasteiger partial charge in [0.2, 0.25) is 0 Å². The van der Waals surface area contributed by atoms with Crippen LogP contribution < -0.4 is 28.4 Å². The van der Waals surface area contributed by atoms with Gasteiger partial charge in [-0.2, -0.15) is 0 Å². The predicted molar refractivity (Wildman–Crippen MR) is 224 cm³/mol. The third-order valence-corrected chi connectivity index (χ3v) is 8.41. The van der Waals surface area contributed by atoms with E-state index < -0.39 is 0 Å². The number of hydrogen-bond acceptors (Lipinski definition) is 12. The van der Waals surface area contributed by atoms with Crippen LogP contribution in [0.1, 0.15) is 33.4 Å². The Balaban J connectivity index is 0.000000181. The SMILES string of the molecule is c1ccc(COc2nc(OCc3ccccc3)nc(OCc3ccccc3)n2)cc1.c1ccc(COc2nc(OCc3ccccc3)nc(OCc3ccccc3)n2)cc1. The molecule has 0 saturated heterocycles. The second-order valence-electron chi connectivity index (χ2n) is 13.0. The monoisotopic (exact) mass is 798 g/mol. The second kappa shape index (κ2) is 22.2. The van der Waals surface area contributed by atoms with E-state index in [1.54, 1.807) is 0 Å². The van der Waals surface area contributed by atoms with Crippen molar-refractivity contribution in [2.45, 2.75) is 39.6 Å². The van der Waals surface area contributed by atoms with Crippen LogP contribution in [0.15, 0.2) is 182 Å². The van der Waals surface area contributed by atoms with Crippen molar-refractivity contribution in [1.82, 2.24) is 29.9 Å². The fourth-order valence-corrected chi connectivity index (χ4v) is 5.36. The van der Waals surface area contributed by atoms with Gasteiger partial charge in [-0.05, 0) is 33.4 Å². The molecule has 0 unspecified atom stereocenters. The van der Waals surface area contributed by atoms with Gasteiger partial charge in [0.15, 0.2) is 0 Å². The smallest absolute Gasteiger partial charge is 0.326 e. The van der Waals surface area contributed by atoms with Crippen LogP contribution >= 0.6 is 0 Å². The molecule has 0 bridgehead atoms. The highest BCUT2D eigenvalue weighted by atomic mass is 16.5. The summed E-state index contributed by atoms with van der Waals surface area (Å²) in [6, 6.07) is 59.8. The van der Waals surface area contributed by atoms with Crippen LogP contribution in [-0.4, -0.2) is 29.9 Å². The molecule has 0 atom stereocenters. The van der Waals surface area contributed by atoms with Crippen LogP contribution in [0.25, 0.3) is 0 Å². The van der Waals surface area contributed by atoms with E-state index in [1.807, 2.05) is 182 Å². The largest absolute Gasteiger partial charge is 0.458 e. The third kappa shape index (κ3) is 13.7. The molecule has 0 radical (unpaired) electrons. The molecular formula is C48H42N6O6. The Labute approximate surface area is 348 Å². The minimum Gasteiger partial charge on any atom is -0.458 e. The van der Waals surface area contributed by atoms with Crippen molar-refractivity contribution in [3.8, 4) is 36.1 Å². The summed E-state index contributed by atoms with van der Waals surface area (Å²) in [5.74, 6) is 0.